The van der Waals surface area contributed by atoms with E-state index >= 15 is 0 Å². The molecule has 66 heavy (non-hydrogen) atoms. The number of hydrogen-bond acceptors (Lipinski definition) is 12. The van der Waals surface area contributed by atoms with Crippen LogP contribution in [0.3, 0.4) is 0 Å². The van der Waals surface area contributed by atoms with E-state index in [0.717, 1.165) is 113 Å². The number of piperazine rings is 1. The van der Waals surface area contributed by atoms with Gasteiger partial charge in [0.1, 0.15) is 11.9 Å². The van der Waals surface area contributed by atoms with Crippen LogP contribution < -0.4 is 25.3 Å². The number of carbonyl (C=O) groups is 5. The lowest BCUT2D eigenvalue weighted by Crippen LogP contribution is -2.54. The maximum Gasteiger partial charge on any atom is 0.417 e. The van der Waals surface area contributed by atoms with Gasteiger partial charge in [-0.25, -0.2) is 4.98 Å². The van der Waals surface area contributed by atoms with E-state index in [1.807, 2.05) is 29.3 Å². The minimum Gasteiger partial charge on any atom is -0.371 e. The Morgan fingerprint density at radius 1 is 0.697 bits per heavy atom. The number of fused-ring (bicyclic) bond motifs is 1. The molecule has 2 aromatic carbocycles. The Kier molecular flexibility index (Phi) is 13.0. The van der Waals surface area contributed by atoms with E-state index in [1.165, 1.54) is 12.1 Å². The van der Waals surface area contributed by atoms with Crippen molar-refractivity contribution in [3.8, 4) is 6.07 Å². The zero-order valence-corrected chi connectivity index (χ0v) is 36.9. The summed E-state index contributed by atoms with van der Waals surface area (Å²) in [5, 5.41) is 14.3. The molecule has 7 heterocycles. The Morgan fingerprint density at radius 2 is 1.24 bits per heavy atom. The number of rotatable bonds is 10. The Balaban J connectivity index is 0.661. The largest absolute Gasteiger partial charge is 0.417 e. The summed E-state index contributed by atoms with van der Waals surface area (Å²) in [5.74, 6) is -0.700. The van der Waals surface area contributed by atoms with Crippen molar-refractivity contribution in [2.75, 3.05) is 98.6 Å². The van der Waals surface area contributed by atoms with Gasteiger partial charge in [0.05, 0.1) is 40.2 Å². The second-order valence-electron chi connectivity index (χ2n) is 18.6. The van der Waals surface area contributed by atoms with Crippen LogP contribution in [0.5, 0.6) is 0 Å². The molecule has 2 N–H and O–H groups in total. The number of aromatic nitrogens is 1. The molecular weight excluding hydrogens is 854 g/mol. The molecule has 1 unspecified atom stereocenters. The molecule has 5 fully saturated rings. The van der Waals surface area contributed by atoms with Crippen molar-refractivity contribution < 1.29 is 37.1 Å². The lowest BCUT2D eigenvalue weighted by Gasteiger charge is -2.41. The fourth-order valence-corrected chi connectivity index (χ4v) is 10.6. The Bertz CT molecular complexity index is 2380. The highest BCUT2D eigenvalue weighted by Crippen LogP contribution is 2.36. The molecule has 5 amide bonds. The van der Waals surface area contributed by atoms with Crippen molar-refractivity contribution >= 4 is 52.4 Å². The first kappa shape index (κ1) is 45.1. The molecule has 0 spiro atoms. The molecule has 0 radical (unpaired) electrons. The van der Waals surface area contributed by atoms with Gasteiger partial charge in [-0.05, 0) is 105 Å². The Hall–Kier alpha value is -6.06. The minimum absolute atomic E-state index is 0.0906. The molecule has 348 valence electrons. The highest BCUT2D eigenvalue weighted by Gasteiger charge is 2.45. The summed E-state index contributed by atoms with van der Waals surface area (Å²) in [5.41, 5.74) is 1.59. The van der Waals surface area contributed by atoms with Crippen LogP contribution in [0.1, 0.15) is 83.2 Å². The van der Waals surface area contributed by atoms with Crippen molar-refractivity contribution in [3.05, 3.63) is 77.0 Å². The van der Waals surface area contributed by atoms with E-state index in [4.69, 9.17) is 5.26 Å². The van der Waals surface area contributed by atoms with Crippen molar-refractivity contribution in [2.24, 2.45) is 17.8 Å². The summed E-state index contributed by atoms with van der Waals surface area (Å²) in [6.07, 6.45) is 2.68. The standard InChI is InChI=1S/C48H55F3N10O5/c49-48(50,51)40-26-36(2-1-34(40)27-52)59-19-13-33(14-20-59)44(63)54-42-7-4-37(28-53-42)60-17-11-32(12-18-60)30-57-23-21-56(22-24-57)29-31-9-15-58(16-10-31)35-3-5-38-39(25-35)47(66)61(46(38)65)41-6-8-43(62)55-45(41)64/h1-5,7,25-26,28,31-33,41H,6,8-24,29-30H2,(H,53,54,63)(H,55,62,64). The van der Waals surface area contributed by atoms with Gasteiger partial charge in [0.15, 0.2) is 0 Å². The van der Waals surface area contributed by atoms with Crippen molar-refractivity contribution in [1.29, 1.82) is 5.26 Å². The average Bonchev–Trinajstić information content (AvgIpc) is 3.57. The molecule has 0 bridgehead atoms. The second kappa shape index (κ2) is 19.0. The van der Waals surface area contributed by atoms with Gasteiger partial charge in [0.25, 0.3) is 11.8 Å². The molecule has 5 saturated heterocycles. The van der Waals surface area contributed by atoms with Gasteiger partial charge in [-0.2, -0.15) is 18.4 Å². The maximum atomic E-state index is 13.5. The molecular formula is C48H55F3N10O5. The number of piperidine rings is 4. The average molecular weight is 909 g/mol. The molecule has 6 aliphatic rings. The second-order valence-corrected chi connectivity index (χ2v) is 18.6. The molecule has 18 heteroatoms. The number of amides is 5. The fraction of sp³-hybridized carbons (Fsp3) is 0.521. The smallest absolute Gasteiger partial charge is 0.371 e. The topological polar surface area (TPSA) is 166 Å². The Labute approximate surface area is 381 Å². The quantitative estimate of drug-likeness (QED) is 0.263. The number of anilines is 4. The van der Waals surface area contributed by atoms with Gasteiger partial charge in [-0.3, -0.25) is 34.2 Å². The number of carbonyl (C=O) groups excluding carboxylic acids is 5. The molecule has 0 aliphatic carbocycles. The van der Waals surface area contributed by atoms with Crippen LogP contribution in [0.25, 0.3) is 0 Å². The van der Waals surface area contributed by atoms with E-state index in [0.29, 0.717) is 60.4 Å². The summed E-state index contributed by atoms with van der Waals surface area (Å²) in [7, 11) is 0. The lowest BCUT2D eigenvalue weighted by atomic mass is 9.94. The summed E-state index contributed by atoms with van der Waals surface area (Å²) in [6, 6.07) is 13.6. The number of imide groups is 2. The first-order chi connectivity index (χ1) is 31.8. The maximum absolute atomic E-state index is 13.5. The number of pyridine rings is 1. The third kappa shape index (κ3) is 9.73. The molecule has 6 aliphatic heterocycles. The minimum atomic E-state index is -4.62. The third-order valence-electron chi connectivity index (χ3n) is 14.5. The lowest BCUT2D eigenvalue weighted by molar-refractivity contribution is -0.138. The van der Waals surface area contributed by atoms with Crippen LogP contribution >= 0.6 is 0 Å². The number of nitrogens with zero attached hydrogens (tertiary/aromatic N) is 8. The van der Waals surface area contributed by atoms with Gasteiger partial charge in [0, 0.05) is 102 Å². The molecule has 9 rings (SSSR count). The molecule has 1 aromatic heterocycles. The fourth-order valence-electron chi connectivity index (χ4n) is 10.6. The zero-order chi connectivity index (χ0) is 46.1. The van der Waals surface area contributed by atoms with Gasteiger partial charge in [0.2, 0.25) is 17.7 Å². The predicted octanol–water partition coefficient (Wildman–Crippen LogP) is 4.98. The van der Waals surface area contributed by atoms with E-state index in [2.05, 4.69) is 35.2 Å². The molecule has 3 aromatic rings. The van der Waals surface area contributed by atoms with Gasteiger partial charge < -0.3 is 29.8 Å². The van der Waals surface area contributed by atoms with Crippen LogP contribution in [0, 0.1) is 29.1 Å². The van der Waals surface area contributed by atoms with Crippen molar-refractivity contribution in [1.82, 2.24) is 25.0 Å². The summed E-state index contributed by atoms with van der Waals surface area (Å²) >= 11 is 0. The normalized spacial score (nSPS) is 22.1. The van der Waals surface area contributed by atoms with E-state index < -0.39 is 47.0 Å². The molecule has 15 nitrogen and oxygen atoms in total. The third-order valence-corrected chi connectivity index (χ3v) is 14.5. The molecule has 1 atom stereocenters. The van der Waals surface area contributed by atoms with Crippen LogP contribution in [0.2, 0.25) is 0 Å². The zero-order valence-electron chi connectivity index (χ0n) is 36.9. The number of benzene rings is 2. The molecule has 0 saturated carbocycles. The highest BCUT2D eigenvalue weighted by molar-refractivity contribution is 6.23. The van der Waals surface area contributed by atoms with E-state index in [-0.39, 0.29) is 24.7 Å². The van der Waals surface area contributed by atoms with Crippen LogP contribution in [0.4, 0.5) is 36.1 Å². The van der Waals surface area contributed by atoms with Gasteiger partial charge >= 0.3 is 6.18 Å². The van der Waals surface area contributed by atoms with Gasteiger partial charge in [-0.15, -0.1) is 0 Å². The highest BCUT2D eigenvalue weighted by atomic mass is 19.4. The monoisotopic (exact) mass is 908 g/mol. The number of hydrogen-bond donors (Lipinski definition) is 2. The van der Waals surface area contributed by atoms with Crippen molar-refractivity contribution in [2.45, 2.75) is 63.6 Å². The first-order valence-electron chi connectivity index (χ1n) is 23.2. The first-order valence-corrected chi connectivity index (χ1v) is 23.2. The number of halogens is 3. The van der Waals surface area contributed by atoms with E-state index in [1.54, 1.807) is 18.2 Å². The summed E-state index contributed by atoms with van der Waals surface area (Å²) < 4.78 is 40.5. The van der Waals surface area contributed by atoms with Crippen LogP contribution in [0.15, 0.2) is 54.7 Å². The predicted molar refractivity (Wildman–Crippen MR) is 240 cm³/mol. The summed E-state index contributed by atoms with van der Waals surface area (Å²) in [6.45, 7) is 10.9. The van der Waals surface area contributed by atoms with Crippen LogP contribution in [-0.4, -0.2) is 134 Å². The number of nitrogens with one attached hydrogen (secondary N) is 2. The van der Waals surface area contributed by atoms with Crippen molar-refractivity contribution in [3.63, 3.8) is 0 Å². The van der Waals surface area contributed by atoms with E-state index in [9.17, 15) is 37.1 Å². The summed E-state index contributed by atoms with van der Waals surface area (Å²) in [4.78, 5) is 80.9. The van der Waals surface area contributed by atoms with Gasteiger partial charge in [-0.1, -0.05) is 0 Å². The number of alkyl halides is 3. The Morgan fingerprint density at radius 3 is 1.80 bits per heavy atom. The number of nitriles is 1. The SMILES string of the molecule is N#Cc1ccc(N2CCC(C(=O)Nc3ccc(N4CCC(CN5CCN(CC6CCN(c7ccc8c(c7)C(=O)N(C7CCC(=O)NC7=O)C8=O)CC6)CC5)CC4)cn3)CC2)cc1C(F)(F)F. The van der Waals surface area contributed by atoms with Crippen LogP contribution in [-0.2, 0) is 20.6 Å².